The Kier molecular flexibility index (Phi) is 4.74. The van der Waals surface area contributed by atoms with Gasteiger partial charge < -0.3 is 10.6 Å². The van der Waals surface area contributed by atoms with Crippen molar-refractivity contribution in [2.75, 3.05) is 27.2 Å². The van der Waals surface area contributed by atoms with Crippen LogP contribution in [0.15, 0.2) is 0 Å². The molecule has 3 unspecified atom stereocenters. The van der Waals surface area contributed by atoms with E-state index in [0.29, 0.717) is 13.1 Å². The van der Waals surface area contributed by atoms with E-state index in [1.807, 2.05) is 6.92 Å². The van der Waals surface area contributed by atoms with Crippen LogP contribution in [-0.4, -0.2) is 62.0 Å². The van der Waals surface area contributed by atoms with Gasteiger partial charge in [-0.05, 0) is 32.7 Å². The highest BCUT2D eigenvalue weighted by Gasteiger charge is 2.41. The van der Waals surface area contributed by atoms with E-state index in [-0.39, 0.29) is 12.0 Å². The summed E-state index contributed by atoms with van der Waals surface area (Å²) in [6, 6.07) is -0.0824. The molecule has 106 valence electrons. The fraction of sp³-hybridized carbons (Fsp3) is 0.909. The average Bonchev–Trinajstić information content (AvgIpc) is 2.69. The van der Waals surface area contributed by atoms with Crippen molar-refractivity contribution < 1.29 is 13.2 Å². The molecule has 2 N–H and O–H groups in total. The Bertz CT molecular complexity index is 408. The van der Waals surface area contributed by atoms with Crippen LogP contribution >= 0.6 is 0 Å². The topological polar surface area (TPSA) is 83.7 Å². The van der Waals surface area contributed by atoms with Gasteiger partial charge in [-0.25, -0.2) is 8.42 Å². The third kappa shape index (κ3) is 2.84. The van der Waals surface area contributed by atoms with E-state index >= 15 is 0 Å². The number of amides is 1. The van der Waals surface area contributed by atoms with Crippen LogP contribution in [0, 0.1) is 5.92 Å². The molecule has 0 spiro atoms. The van der Waals surface area contributed by atoms with Crippen LogP contribution in [0.4, 0.5) is 0 Å². The van der Waals surface area contributed by atoms with Crippen molar-refractivity contribution in [2.24, 2.45) is 11.7 Å². The predicted octanol–water partition coefficient (Wildman–Crippen LogP) is -0.538. The van der Waals surface area contributed by atoms with Crippen molar-refractivity contribution in [3.63, 3.8) is 0 Å². The minimum Gasteiger partial charge on any atom is -0.348 e. The second kappa shape index (κ2) is 5.54. The van der Waals surface area contributed by atoms with Gasteiger partial charge in [0.15, 0.2) is 5.25 Å². The Hall–Kier alpha value is -0.660. The zero-order valence-corrected chi connectivity index (χ0v) is 12.3. The summed E-state index contributed by atoms with van der Waals surface area (Å²) in [5.41, 5.74) is 5.59. The summed E-state index contributed by atoms with van der Waals surface area (Å²) < 4.78 is 26.2. The van der Waals surface area contributed by atoms with Crippen molar-refractivity contribution in [1.29, 1.82) is 0 Å². The van der Waals surface area contributed by atoms with E-state index < -0.39 is 21.2 Å². The molecule has 0 bridgehead atoms. The Labute approximate surface area is 109 Å². The quantitative estimate of drug-likeness (QED) is 0.748. The van der Waals surface area contributed by atoms with E-state index in [1.54, 1.807) is 14.1 Å². The first-order valence-corrected chi connectivity index (χ1v) is 7.64. The minimum atomic E-state index is -3.59. The monoisotopic (exact) mass is 277 g/mol. The minimum absolute atomic E-state index is 0.0824. The van der Waals surface area contributed by atoms with Crippen molar-refractivity contribution in [2.45, 2.75) is 31.6 Å². The second-order valence-corrected chi connectivity index (χ2v) is 7.38. The van der Waals surface area contributed by atoms with Crippen LogP contribution in [0.1, 0.15) is 20.3 Å². The number of hydrogen-bond acceptors (Lipinski definition) is 4. The lowest BCUT2D eigenvalue weighted by molar-refractivity contribution is -0.128. The molecule has 1 amide bonds. The van der Waals surface area contributed by atoms with Gasteiger partial charge >= 0.3 is 0 Å². The predicted molar refractivity (Wildman–Crippen MR) is 70.4 cm³/mol. The van der Waals surface area contributed by atoms with E-state index in [1.165, 1.54) is 16.1 Å². The highest BCUT2D eigenvalue weighted by molar-refractivity contribution is 7.90. The van der Waals surface area contributed by atoms with E-state index in [4.69, 9.17) is 5.73 Å². The van der Waals surface area contributed by atoms with Gasteiger partial charge in [-0.1, -0.05) is 0 Å². The molecule has 1 fully saturated rings. The van der Waals surface area contributed by atoms with Crippen LogP contribution in [-0.2, 0) is 14.8 Å². The maximum absolute atomic E-state index is 12.4. The molecule has 0 aromatic carbocycles. The van der Waals surface area contributed by atoms with Crippen LogP contribution in [0.2, 0.25) is 0 Å². The fourth-order valence-corrected chi connectivity index (χ4v) is 4.21. The summed E-state index contributed by atoms with van der Waals surface area (Å²) in [5.74, 6) is -0.199. The highest BCUT2D eigenvalue weighted by atomic mass is 32.2. The summed E-state index contributed by atoms with van der Waals surface area (Å²) >= 11 is 0. The molecule has 0 aromatic rings. The van der Waals surface area contributed by atoms with Gasteiger partial charge in [-0.3, -0.25) is 4.79 Å². The summed E-state index contributed by atoms with van der Waals surface area (Å²) in [5, 5.41) is -1.04. The zero-order valence-electron chi connectivity index (χ0n) is 11.5. The van der Waals surface area contributed by atoms with Crippen LogP contribution < -0.4 is 5.73 Å². The molecule has 18 heavy (non-hydrogen) atoms. The van der Waals surface area contributed by atoms with Crippen molar-refractivity contribution in [3.8, 4) is 0 Å². The largest absolute Gasteiger partial charge is 0.348 e. The number of nitrogens with zero attached hydrogens (tertiary/aromatic N) is 2. The fourth-order valence-electron chi connectivity index (χ4n) is 2.33. The number of carbonyl (C=O) groups is 1. The van der Waals surface area contributed by atoms with Crippen LogP contribution in [0.5, 0.6) is 0 Å². The molecule has 0 radical (unpaired) electrons. The molecule has 1 saturated heterocycles. The number of hydrogen-bond donors (Lipinski definition) is 1. The Morgan fingerprint density at radius 3 is 2.44 bits per heavy atom. The summed E-state index contributed by atoms with van der Waals surface area (Å²) in [7, 11) is -0.469. The third-order valence-corrected chi connectivity index (χ3v) is 5.76. The lowest BCUT2D eigenvalue weighted by atomic mass is 10.1. The molecular weight excluding hydrogens is 254 g/mol. The first kappa shape index (κ1) is 15.4. The van der Waals surface area contributed by atoms with Gasteiger partial charge in [0.05, 0.1) is 0 Å². The average molecular weight is 277 g/mol. The molecule has 7 heteroatoms. The number of carbonyl (C=O) groups excluding carboxylic acids is 1. The lowest BCUT2D eigenvalue weighted by Gasteiger charge is -2.26. The Morgan fingerprint density at radius 2 is 2.06 bits per heavy atom. The Morgan fingerprint density at radius 1 is 1.50 bits per heavy atom. The van der Waals surface area contributed by atoms with E-state index in [9.17, 15) is 13.2 Å². The van der Waals surface area contributed by atoms with Crippen molar-refractivity contribution in [1.82, 2.24) is 9.21 Å². The molecule has 1 heterocycles. The standard InChI is InChI=1S/C11H23N3O3S/c1-8-5-10(6-12)7-14(8)18(16,17)9(2)11(15)13(3)4/h8-10H,5-7,12H2,1-4H3. The SMILES string of the molecule is CC1CC(CN)CN1S(=O)(=O)C(C)C(=O)N(C)C. The van der Waals surface area contributed by atoms with Gasteiger partial charge in [-0.15, -0.1) is 0 Å². The molecule has 6 nitrogen and oxygen atoms in total. The van der Waals surface area contributed by atoms with Crippen LogP contribution in [0.3, 0.4) is 0 Å². The van der Waals surface area contributed by atoms with Crippen LogP contribution in [0.25, 0.3) is 0 Å². The van der Waals surface area contributed by atoms with Gasteiger partial charge in [0.2, 0.25) is 15.9 Å². The first-order valence-electron chi connectivity index (χ1n) is 6.13. The van der Waals surface area contributed by atoms with Gasteiger partial charge in [0.25, 0.3) is 0 Å². The molecular formula is C11H23N3O3S. The molecule has 0 aromatic heterocycles. The molecule has 1 aliphatic heterocycles. The first-order chi connectivity index (χ1) is 8.21. The lowest BCUT2D eigenvalue weighted by Crippen LogP contribution is -2.46. The van der Waals surface area contributed by atoms with Crippen molar-refractivity contribution in [3.05, 3.63) is 0 Å². The summed E-state index contributed by atoms with van der Waals surface area (Å²) in [4.78, 5) is 13.1. The molecule has 0 aliphatic carbocycles. The van der Waals surface area contributed by atoms with E-state index in [2.05, 4.69) is 0 Å². The maximum atomic E-state index is 12.4. The molecule has 3 atom stereocenters. The molecule has 0 saturated carbocycles. The smallest absolute Gasteiger partial charge is 0.241 e. The number of rotatable bonds is 4. The zero-order chi connectivity index (χ0) is 14.1. The number of nitrogens with two attached hydrogens (primary N) is 1. The third-order valence-electron chi connectivity index (χ3n) is 3.50. The molecule has 1 aliphatic rings. The summed E-state index contributed by atoms with van der Waals surface area (Å²) in [6.07, 6.45) is 0.763. The number of sulfonamides is 1. The Balaban J connectivity index is 2.90. The van der Waals surface area contributed by atoms with Gasteiger partial charge in [0, 0.05) is 26.7 Å². The van der Waals surface area contributed by atoms with E-state index in [0.717, 1.165) is 6.42 Å². The van der Waals surface area contributed by atoms with Gasteiger partial charge in [-0.2, -0.15) is 4.31 Å². The molecule has 1 rings (SSSR count). The highest BCUT2D eigenvalue weighted by Crippen LogP contribution is 2.27. The normalized spacial score (nSPS) is 27.2. The van der Waals surface area contributed by atoms with Gasteiger partial charge in [0.1, 0.15) is 0 Å². The van der Waals surface area contributed by atoms with Crippen molar-refractivity contribution >= 4 is 15.9 Å². The maximum Gasteiger partial charge on any atom is 0.241 e. The second-order valence-electron chi connectivity index (χ2n) is 5.18. The summed E-state index contributed by atoms with van der Waals surface area (Å²) in [6.45, 7) is 4.21.